The van der Waals surface area contributed by atoms with Crippen molar-refractivity contribution in [1.82, 2.24) is 9.55 Å². The fourth-order valence-electron chi connectivity index (χ4n) is 3.52. The molecule has 4 aromatic rings. The number of nitrogens with zero attached hydrogens (tertiary/aromatic N) is 2. The number of halogens is 1. The van der Waals surface area contributed by atoms with Gasteiger partial charge in [0, 0.05) is 39.9 Å². The number of carbonyl (C=O) groups is 2. The molecule has 0 aliphatic rings. The summed E-state index contributed by atoms with van der Waals surface area (Å²) < 4.78 is 7.48. The van der Waals surface area contributed by atoms with Crippen LogP contribution in [0.1, 0.15) is 32.0 Å². The van der Waals surface area contributed by atoms with Crippen molar-refractivity contribution >= 4 is 38.6 Å². The normalized spacial score (nSPS) is 10.9. The number of rotatable bonds is 6. The molecule has 0 aliphatic heterocycles. The lowest BCUT2D eigenvalue weighted by Gasteiger charge is -2.12. The Hall–Kier alpha value is -3.45. The van der Waals surface area contributed by atoms with E-state index in [0.717, 1.165) is 11.3 Å². The van der Waals surface area contributed by atoms with Crippen molar-refractivity contribution in [3.8, 4) is 5.75 Å². The van der Waals surface area contributed by atoms with Gasteiger partial charge in [0.1, 0.15) is 11.4 Å². The number of ether oxygens (including phenoxy) is 1. The average molecular weight is 465 g/mol. The standard InChI is InChI=1S/C23H17BrN2O4/c1-30-15-8-6-14(7-9-15)13-26-19-5-3-2-4-17(19)20(23(28)29)21(26)22(27)16-10-11-25-12-18(16)24/h2-12H,13H2,1H3,(H,28,29). The Kier molecular flexibility index (Phi) is 5.37. The van der Waals surface area contributed by atoms with E-state index in [-0.39, 0.29) is 17.0 Å². The van der Waals surface area contributed by atoms with Crippen LogP contribution >= 0.6 is 15.9 Å². The lowest BCUT2D eigenvalue weighted by molar-refractivity contribution is 0.0694. The van der Waals surface area contributed by atoms with Gasteiger partial charge in [-0.1, -0.05) is 30.3 Å². The van der Waals surface area contributed by atoms with E-state index in [0.29, 0.717) is 27.5 Å². The molecule has 2 aromatic heterocycles. The number of methoxy groups -OCH3 is 1. The Balaban J connectivity index is 1.95. The Bertz CT molecular complexity index is 1260. The molecule has 30 heavy (non-hydrogen) atoms. The van der Waals surface area contributed by atoms with Gasteiger partial charge >= 0.3 is 5.97 Å². The topological polar surface area (TPSA) is 81.4 Å². The largest absolute Gasteiger partial charge is 0.497 e. The minimum atomic E-state index is -1.15. The summed E-state index contributed by atoms with van der Waals surface area (Å²) >= 11 is 3.35. The summed E-state index contributed by atoms with van der Waals surface area (Å²) in [6.07, 6.45) is 3.03. The van der Waals surface area contributed by atoms with Crippen molar-refractivity contribution in [2.45, 2.75) is 6.54 Å². The lowest BCUT2D eigenvalue weighted by atomic mass is 10.0. The Morgan fingerprint density at radius 1 is 1.10 bits per heavy atom. The number of fused-ring (bicyclic) bond motifs is 1. The molecule has 1 N–H and O–H groups in total. The minimum absolute atomic E-state index is 0.00664. The molecule has 0 fully saturated rings. The van der Waals surface area contributed by atoms with Gasteiger partial charge in [-0.05, 0) is 45.8 Å². The number of aromatic nitrogens is 2. The molecule has 0 radical (unpaired) electrons. The van der Waals surface area contributed by atoms with Crippen LogP contribution in [0.25, 0.3) is 10.9 Å². The molecule has 0 amide bonds. The van der Waals surface area contributed by atoms with Crippen LogP contribution in [0.15, 0.2) is 71.5 Å². The molecule has 0 aliphatic carbocycles. The van der Waals surface area contributed by atoms with Gasteiger partial charge in [0.05, 0.1) is 12.7 Å². The number of para-hydroxylation sites is 1. The van der Waals surface area contributed by atoms with Gasteiger partial charge in [-0.2, -0.15) is 0 Å². The second kappa shape index (κ2) is 8.12. The molecular weight excluding hydrogens is 448 g/mol. The summed E-state index contributed by atoms with van der Waals surface area (Å²) in [5, 5.41) is 10.5. The molecule has 7 heteroatoms. The summed E-state index contributed by atoms with van der Waals surface area (Å²) in [6.45, 7) is 0.335. The monoisotopic (exact) mass is 464 g/mol. The van der Waals surface area contributed by atoms with Crippen molar-refractivity contribution in [3.63, 3.8) is 0 Å². The van der Waals surface area contributed by atoms with E-state index >= 15 is 0 Å². The highest BCUT2D eigenvalue weighted by Crippen LogP contribution is 2.31. The molecule has 0 unspecified atom stereocenters. The number of hydrogen-bond donors (Lipinski definition) is 1. The molecule has 0 spiro atoms. The number of aromatic carboxylic acids is 1. The highest BCUT2D eigenvalue weighted by Gasteiger charge is 2.28. The van der Waals surface area contributed by atoms with Crippen LogP contribution in [0.4, 0.5) is 0 Å². The average Bonchev–Trinajstić information content (AvgIpc) is 3.08. The predicted molar refractivity (Wildman–Crippen MR) is 116 cm³/mol. The highest BCUT2D eigenvalue weighted by molar-refractivity contribution is 9.10. The Morgan fingerprint density at radius 3 is 2.50 bits per heavy atom. The molecule has 0 bridgehead atoms. The second-order valence-electron chi connectivity index (χ2n) is 6.66. The van der Waals surface area contributed by atoms with Crippen LogP contribution in [0.3, 0.4) is 0 Å². The van der Waals surface area contributed by atoms with E-state index < -0.39 is 5.97 Å². The van der Waals surface area contributed by atoms with Crippen molar-refractivity contribution in [2.75, 3.05) is 7.11 Å². The lowest BCUT2D eigenvalue weighted by Crippen LogP contribution is -2.15. The maximum Gasteiger partial charge on any atom is 0.338 e. The van der Waals surface area contributed by atoms with Gasteiger partial charge < -0.3 is 14.4 Å². The first-order valence-electron chi connectivity index (χ1n) is 9.13. The molecule has 6 nitrogen and oxygen atoms in total. The molecule has 2 heterocycles. The zero-order valence-electron chi connectivity index (χ0n) is 16.0. The number of pyridine rings is 1. The van der Waals surface area contributed by atoms with Crippen LogP contribution in [0, 0.1) is 0 Å². The van der Waals surface area contributed by atoms with E-state index in [9.17, 15) is 14.7 Å². The predicted octanol–water partition coefficient (Wildman–Crippen LogP) is 4.78. The minimum Gasteiger partial charge on any atom is -0.497 e. The summed E-state index contributed by atoms with van der Waals surface area (Å²) in [6, 6.07) is 16.2. The van der Waals surface area contributed by atoms with Crippen molar-refractivity contribution < 1.29 is 19.4 Å². The van der Waals surface area contributed by atoms with E-state index in [4.69, 9.17) is 4.74 Å². The molecule has 2 aromatic carbocycles. The van der Waals surface area contributed by atoms with Gasteiger partial charge in [-0.25, -0.2) is 4.79 Å². The summed E-state index contributed by atoms with van der Waals surface area (Å²) in [5.74, 6) is -0.807. The highest BCUT2D eigenvalue weighted by atomic mass is 79.9. The molecule has 0 saturated carbocycles. The summed E-state index contributed by atoms with van der Waals surface area (Å²) in [7, 11) is 1.59. The van der Waals surface area contributed by atoms with Crippen molar-refractivity contribution in [2.24, 2.45) is 0 Å². The van der Waals surface area contributed by atoms with Crippen molar-refractivity contribution in [1.29, 1.82) is 0 Å². The molecule has 4 rings (SSSR count). The van der Waals surface area contributed by atoms with Gasteiger partial charge in [-0.15, -0.1) is 0 Å². The molecule has 0 saturated heterocycles. The number of carboxylic acids is 1. The molecular formula is C23H17BrN2O4. The fourth-order valence-corrected chi connectivity index (χ4v) is 3.95. The third-order valence-electron chi connectivity index (χ3n) is 4.92. The van der Waals surface area contributed by atoms with Crippen LogP contribution in [0.5, 0.6) is 5.75 Å². The Labute approximate surface area is 180 Å². The SMILES string of the molecule is COc1ccc(Cn2c(C(=O)c3ccncc3Br)c(C(=O)O)c3ccccc32)cc1. The smallest absolute Gasteiger partial charge is 0.338 e. The van der Waals surface area contributed by atoms with E-state index in [1.807, 2.05) is 36.4 Å². The molecule has 0 atom stereocenters. The number of carbonyl (C=O) groups excluding carboxylic acids is 1. The number of ketones is 1. The first-order chi connectivity index (χ1) is 14.5. The van der Waals surface area contributed by atoms with E-state index in [1.54, 1.807) is 29.9 Å². The van der Waals surface area contributed by atoms with Gasteiger partial charge in [0.2, 0.25) is 5.78 Å². The van der Waals surface area contributed by atoms with Gasteiger partial charge in [0.25, 0.3) is 0 Å². The number of hydrogen-bond acceptors (Lipinski definition) is 4. The second-order valence-corrected chi connectivity index (χ2v) is 7.52. The van der Waals surface area contributed by atoms with E-state index in [1.165, 1.54) is 12.4 Å². The zero-order valence-corrected chi connectivity index (χ0v) is 17.6. The summed E-state index contributed by atoms with van der Waals surface area (Å²) in [4.78, 5) is 29.7. The van der Waals surface area contributed by atoms with Crippen LogP contribution in [-0.4, -0.2) is 33.5 Å². The number of benzene rings is 2. The van der Waals surface area contributed by atoms with Crippen molar-refractivity contribution in [3.05, 3.63) is 93.8 Å². The van der Waals surface area contributed by atoms with Gasteiger partial charge in [-0.3, -0.25) is 9.78 Å². The van der Waals surface area contributed by atoms with Crippen LogP contribution in [0.2, 0.25) is 0 Å². The van der Waals surface area contributed by atoms with Crippen LogP contribution in [-0.2, 0) is 6.54 Å². The zero-order chi connectivity index (χ0) is 21.3. The third kappa shape index (κ3) is 3.48. The summed E-state index contributed by atoms with van der Waals surface area (Å²) in [5.41, 5.74) is 2.07. The quantitative estimate of drug-likeness (QED) is 0.415. The Morgan fingerprint density at radius 2 is 1.83 bits per heavy atom. The van der Waals surface area contributed by atoms with E-state index in [2.05, 4.69) is 20.9 Å². The van der Waals surface area contributed by atoms with Gasteiger partial charge in [0.15, 0.2) is 0 Å². The maximum absolute atomic E-state index is 13.5. The van der Waals surface area contributed by atoms with Crippen LogP contribution < -0.4 is 4.74 Å². The molecule has 150 valence electrons. The maximum atomic E-state index is 13.5. The fraction of sp³-hybridized carbons (Fsp3) is 0.0870. The third-order valence-corrected chi connectivity index (χ3v) is 5.55. The number of carboxylic acid groups (broad SMARTS) is 1. The first kappa shape index (κ1) is 19.8. The first-order valence-corrected chi connectivity index (χ1v) is 9.92.